The largest absolute Gasteiger partial charge is 0.296 e. The Morgan fingerprint density at radius 3 is 1.71 bits per heavy atom. The molecular formula is C18H33NO2. The Labute approximate surface area is 130 Å². The minimum Gasteiger partial charge on any atom is -0.296 e. The number of hydrogen-bond acceptors (Lipinski definition) is 2. The fraction of sp³-hybridized carbons (Fsp3) is 0.889. The van der Waals surface area contributed by atoms with E-state index in [2.05, 4.69) is 12.2 Å². The Kier molecular flexibility index (Phi) is 10.2. The first-order chi connectivity index (χ1) is 10.2. The molecule has 1 fully saturated rings. The summed E-state index contributed by atoms with van der Waals surface area (Å²) in [7, 11) is 0. The van der Waals surface area contributed by atoms with Crippen molar-refractivity contribution >= 4 is 11.8 Å². The fourth-order valence-electron chi connectivity index (χ4n) is 3.07. The van der Waals surface area contributed by atoms with Crippen molar-refractivity contribution in [3.8, 4) is 0 Å². The molecular weight excluding hydrogens is 262 g/mol. The maximum Gasteiger partial charge on any atom is 0.230 e. The number of amides is 2. The maximum absolute atomic E-state index is 11.4. The van der Waals surface area contributed by atoms with Gasteiger partial charge in [-0.25, -0.2) is 0 Å². The van der Waals surface area contributed by atoms with Crippen molar-refractivity contribution in [2.24, 2.45) is 5.92 Å². The quantitative estimate of drug-likeness (QED) is 0.394. The van der Waals surface area contributed by atoms with E-state index in [0.717, 1.165) is 12.8 Å². The first-order valence-electron chi connectivity index (χ1n) is 9.07. The molecule has 0 radical (unpaired) electrons. The van der Waals surface area contributed by atoms with Gasteiger partial charge in [-0.2, -0.15) is 0 Å². The van der Waals surface area contributed by atoms with Crippen molar-refractivity contribution in [3.05, 3.63) is 0 Å². The number of rotatable bonds is 13. The molecule has 0 saturated carbocycles. The van der Waals surface area contributed by atoms with Gasteiger partial charge in [-0.3, -0.25) is 14.9 Å². The van der Waals surface area contributed by atoms with Gasteiger partial charge in [0.15, 0.2) is 0 Å². The molecule has 1 rings (SSSR count). The van der Waals surface area contributed by atoms with Gasteiger partial charge in [0.2, 0.25) is 11.8 Å². The van der Waals surface area contributed by atoms with E-state index < -0.39 is 0 Å². The number of carbonyl (C=O) groups excluding carboxylic acids is 2. The summed E-state index contributed by atoms with van der Waals surface area (Å²) in [5, 5.41) is 2.38. The van der Waals surface area contributed by atoms with Gasteiger partial charge >= 0.3 is 0 Å². The van der Waals surface area contributed by atoms with Crippen molar-refractivity contribution in [2.75, 3.05) is 0 Å². The summed E-state index contributed by atoms with van der Waals surface area (Å²) >= 11 is 0. The second kappa shape index (κ2) is 11.8. The van der Waals surface area contributed by atoms with Crippen molar-refractivity contribution in [1.29, 1.82) is 0 Å². The van der Waals surface area contributed by atoms with Crippen molar-refractivity contribution < 1.29 is 9.59 Å². The van der Waals surface area contributed by atoms with Gasteiger partial charge in [-0.05, 0) is 6.42 Å². The molecule has 1 heterocycles. The van der Waals surface area contributed by atoms with Crippen molar-refractivity contribution in [2.45, 2.75) is 96.8 Å². The molecule has 1 aliphatic rings. The van der Waals surface area contributed by atoms with Gasteiger partial charge < -0.3 is 0 Å². The van der Waals surface area contributed by atoms with Crippen molar-refractivity contribution in [3.63, 3.8) is 0 Å². The molecule has 3 heteroatoms. The molecule has 21 heavy (non-hydrogen) atoms. The Morgan fingerprint density at radius 1 is 0.810 bits per heavy atom. The lowest BCUT2D eigenvalue weighted by Crippen LogP contribution is -2.21. The Morgan fingerprint density at radius 2 is 1.29 bits per heavy atom. The zero-order valence-electron chi connectivity index (χ0n) is 13.8. The molecule has 122 valence electrons. The van der Waals surface area contributed by atoms with E-state index in [0.29, 0.717) is 6.42 Å². The van der Waals surface area contributed by atoms with Gasteiger partial charge in [0, 0.05) is 12.3 Å². The predicted molar refractivity (Wildman–Crippen MR) is 87.0 cm³/mol. The molecule has 0 aromatic rings. The van der Waals surface area contributed by atoms with Crippen LogP contribution in [0.25, 0.3) is 0 Å². The Bertz CT molecular complexity index is 302. The molecule has 0 bridgehead atoms. The number of unbranched alkanes of at least 4 members (excludes halogenated alkanes) is 11. The van der Waals surface area contributed by atoms with Crippen LogP contribution in [0.2, 0.25) is 0 Å². The van der Waals surface area contributed by atoms with Gasteiger partial charge in [-0.1, -0.05) is 84.0 Å². The predicted octanol–water partition coefficient (Wildman–Crippen LogP) is 4.74. The van der Waals surface area contributed by atoms with Gasteiger partial charge in [0.25, 0.3) is 0 Å². The molecule has 1 saturated heterocycles. The third-order valence-corrected chi connectivity index (χ3v) is 4.47. The first kappa shape index (κ1) is 18.2. The van der Waals surface area contributed by atoms with E-state index in [1.54, 1.807) is 0 Å². The number of carbonyl (C=O) groups is 2. The molecule has 1 N–H and O–H groups in total. The van der Waals surface area contributed by atoms with E-state index in [-0.39, 0.29) is 17.7 Å². The minimum atomic E-state index is -0.0936. The fourth-order valence-corrected chi connectivity index (χ4v) is 3.07. The normalized spacial score (nSPS) is 18.2. The van der Waals surface area contributed by atoms with Crippen LogP contribution < -0.4 is 5.32 Å². The highest BCUT2D eigenvalue weighted by atomic mass is 16.2. The highest BCUT2D eigenvalue weighted by Gasteiger charge is 2.29. The zero-order valence-corrected chi connectivity index (χ0v) is 13.8. The Hall–Kier alpha value is -0.860. The van der Waals surface area contributed by atoms with E-state index in [1.165, 1.54) is 70.6 Å². The SMILES string of the molecule is CCCCCCCCCCCCCCC1CC(=O)NC1=O. The van der Waals surface area contributed by atoms with Crippen LogP contribution in [0, 0.1) is 5.92 Å². The molecule has 3 nitrogen and oxygen atoms in total. The first-order valence-corrected chi connectivity index (χ1v) is 9.07. The highest BCUT2D eigenvalue weighted by Crippen LogP contribution is 2.19. The highest BCUT2D eigenvalue weighted by molar-refractivity contribution is 6.03. The molecule has 2 amide bonds. The summed E-state index contributed by atoms with van der Waals surface area (Å²) in [6, 6.07) is 0. The van der Waals surface area contributed by atoms with Crippen LogP contribution in [-0.4, -0.2) is 11.8 Å². The molecule has 0 aromatic carbocycles. The second-order valence-electron chi connectivity index (χ2n) is 6.49. The number of nitrogens with one attached hydrogen (secondary N) is 1. The average Bonchev–Trinajstić information content (AvgIpc) is 2.78. The van der Waals surface area contributed by atoms with Gasteiger partial charge in [0.05, 0.1) is 0 Å². The van der Waals surface area contributed by atoms with Crippen LogP contribution in [-0.2, 0) is 9.59 Å². The van der Waals surface area contributed by atoms with Gasteiger partial charge in [-0.15, -0.1) is 0 Å². The summed E-state index contributed by atoms with van der Waals surface area (Å²) in [4.78, 5) is 22.4. The number of hydrogen-bond donors (Lipinski definition) is 1. The van der Waals surface area contributed by atoms with E-state index in [4.69, 9.17) is 0 Å². The van der Waals surface area contributed by atoms with Crippen LogP contribution in [0.5, 0.6) is 0 Å². The molecule has 1 atom stereocenters. The molecule has 0 aromatic heterocycles. The van der Waals surface area contributed by atoms with Crippen LogP contribution in [0.1, 0.15) is 96.8 Å². The van der Waals surface area contributed by atoms with Crippen LogP contribution in [0.3, 0.4) is 0 Å². The lowest BCUT2D eigenvalue weighted by Gasteiger charge is -2.05. The smallest absolute Gasteiger partial charge is 0.230 e. The van der Waals surface area contributed by atoms with Crippen LogP contribution in [0.15, 0.2) is 0 Å². The van der Waals surface area contributed by atoms with Crippen LogP contribution in [0.4, 0.5) is 0 Å². The zero-order chi connectivity index (χ0) is 15.3. The van der Waals surface area contributed by atoms with E-state index >= 15 is 0 Å². The minimum absolute atomic E-state index is 0.0411. The topological polar surface area (TPSA) is 46.2 Å². The molecule has 0 spiro atoms. The summed E-state index contributed by atoms with van der Waals surface area (Å²) in [6.07, 6.45) is 17.3. The molecule has 1 aliphatic heterocycles. The second-order valence-corrected chi connectivity index (χ2v) is 6.49. The average molecular weight is 295 g/mol. The van der Waals surface area contributed by atoms with Gasteiger partial charge in [0.1, 0.15) is 0 Å². The third kappa shape index (κ3) is 8.90. The summed E-state index contributed by atoms with van der Waals surface area (Å²) in [5.41, 5.74) is 0. The van der Waals surface area contributed by atoms with Crippen molar-refractivity contribution in [1.82, 2.24) is 5.32 Å². The van der Waals surface area contributed by atoms with Crippen LogP contribution >= 0.6 is 0 Å². The number of imide groups is 1. The molecule has 1 unspecified atom stereocenters. The molecule has 0 aliphatic carbocycles. The monoisotopic (exact) mass is 295 g/mol. The Balaban J connectivity index is 1.79. The standard InChI is InChI=1S/C18H33NO2/c1-2-3-4-5-6-7-8-9-10-11-12-13-14-16-15-17(20)19-18(16)21/h16H,2-15H2,1H3,(H,19,20,21). The lowest BCUT2D eigenvalue weighted by atomic mass is 9.98. The summed E-state index contributed by atoms with van der Waals surface area (Å²) < 4.78 is 0. The lowest BCUT2D eigenvalue weighted by molar-refractivity contribution is -0.125. The maximum atomic E-state index is 11.4. The van der Waals surface area contributed by atoms with E-state index in [1.807, 2.05) is 0 Å². The van der Waals surface area contributed by atoms with E-state index in [9.17, 15) is 9.59 Å². The summed E-state index contributed by atoms with van der Waals surface area (Å²) in [6.45, 7) is 2.26. The summed E-state index contributed by atoms with van der Waals surface area (Å²) in [5.74, 6) is -0.187. The third-order valence-electron chi connectivity index (χ3n) is 4.47.